The number of pyridine rings is 1. The highest BCUT2D eigenvalue weighted by Crippen LogP contribution is 2.27. The van der Waals surface area contributed by atoms with Crippen molar-refractivity contribution in [1.82, 2.24) is 9.38 Å². The topological polar surface area (TPSA) is 26.5 Å². The fraction of sp³-hybridized carbons (Fsp3) is 0.278. The zero-order chi connectivity index (χ0) is 15.7. The van der Waals surface area contributed by atoms with Gasteiger partial charge in [0.05, 0.1) is 5.69 Å². The number of alkyl halides is 1. The van der Waals surface area contributed by atoms with E-state index in [2.05, 4.69) is 23.5 Å². The number of hydrogen-bond donors (Lipinski definition) is 0. The molecule has 0 bridgehead atoms. The van der Waals surface area contributed by atoms with Crippen molar-refractivity contribution < 1.29 is 4.74 Å². The lowest BCUT2D eigenvalue weighted by Crippen LogP contribution is -2.07. The molecule has 0 saturated heterocycles. The molecule has 1 unspecified atom stereocenters. The monoisotopic (exact) mass is 314 g/mol. The molecule has 0 spiro atoms. The van der Waals surface area contributed by atoms with Crippen LogP contribution in [0.1, 0.15) is 24.5 Å². The molecule has 0 fully saturated rings. The fourth-order valence-electron chi connectivity index (χ4n) is 2.45. The molecule has 0 aliphatic rings. The van der Waals surface area contributed by atoms with E-state index in [0.29, 0.717) is 0 Å². The van der Waals surface area contributed by atoms with Crippen molar-refractivity contribution in [1.29, 1.82) is 0 Å². The maximum atomic E-state index is 6.06. The number of fused-ring (bicyclic) bond motifs is 1. The Hall–Kier alpha value is -2.00. The van der Waals surface area contributed by atoms with Crippen LogP contribution in [0, 0.1) is 13.8 Å². The minimum absolute atomic E-state index is 0.289. The van der Waals surface area contributed by atoms with Crippen LogP contribution in [0.2, 0.25) is 0 Å². The Morgan fingerprint density at radius 3 is 2.73 bits per heavy atom. The summed E-state index contributed by atoms with van der Waals surface area (Å²) in [6, 6.07) is 10.2. The summed E-state index contributed by atoms with van der Waals surface area (Å²) >= 11 is 6.06. The highest BCUT2D eigenvalue weighted by atomic mass is 35.5. The fourth-order valence-corrected chi connectivity index (χ4v) is 2.55. The van der Waals surface area contributed by atoms with Crippen molar-refractivity contribution in [3.05, 3.63) is 53.9 Å². The molecule has 2 aromatic heterocycles. The summed E-state index contributed by atoms with van der Waals surface area (Å²) in [4.78, 5) is 4.73. The number of imidazole rings is 1. The molecule has 1 aromatic carbocycles. The largest absolute Gasteiger partial charge is 0.474 e. The molecule has 3 aromatic rings. The second kappa shape index (κ2) is 6.01. The quantitative estimate of drug-likeness (QED) is 0.635. The van der Waals surface area contributed by atoms with Gasteiger partial charge in [0.25, 0.3) is 0 Å². The van der Waals surface area contributed by atoms with E-state index >= 15 is 0 Å². The molecule has 3 nitrogen and oxygen atoms in total. The van der Waals surface area contributed by atoms with Gasteiger partial charge in [-0.2, -0.15) is 0 Å². The molecule has 2 heterocycles. The Kier molecular flexibility index (Phi) is 4.08. The first kappa shape index (κ1) is 14.9. The van der Waals surface area contributed by atoms with Crippen LogP contribution in [0.15, 0.2) is 42.7 Å². The van der Waals surface area contributed by atoms with Gasteiger partial charge in [-0.15, -0.1) is 0 Å². The summed E-state index contributed by atoms with van der Waals surface area (Å²) in [6.07, 6.45) is 4.84. The molecular formula is C18H19ClN2O. The molecule has 3 rings (SSSR count). The van der Waals surface area contributed by atoms with Gasteiger partial charge in [-0.05, 0) is 55.7 Å². The third-order valence-corrected chi connectivity index (χ3v) is 4.12. The molecule has 1 atom stereocenters. The van der Waals surface area contributed by atoms with Gasteiger partial charge in [0.1, 0.15) is 11.4 Å². The van der Waals surface area contributed by atoms with Gasteiger partial charge in [0.2, 0.25) is 0 Å². The first-order chi connectivity index (χ1) is 10.6. The van der Waals surface area contributed by atoms with E-state index < -0.39 is 0 Å². The Bertz CT molecular complexity index is 810. The van der Waals surface area contributed by atoms with E-state index in [1.165, 1.54) is 5.56 Å². The zero-order valence-corrected chi connectivity index (χ0v) is 13.8. The second-order valence-electron chi connectivity index (χ2n) is 5.46. The van der Waals surface area contributed by atoms with Crippen molar-refractivity contribution in [3.8, 4) is 17.0 Å². The summed E-state index contributed by atoms with van der Waals surface area (Å²) in [5.74, 6) is 0.825. The minimum atomic E-state index is -0.289. The van der Waals surface area contributed by atoms with Gasteiger partial charge in [-0.25, -0.2) is 4.98 Å². The zero-order valence-electron chi connectivity index (χ0n) is 13.0. The lowest BCUT2D eigenvalue weighted by atomic mass is 10.1. The Morgan fingerprint density at radius 2 is 2.05 bits per heavy atom. The smallest absolute Gasteiger partial charge is 0.171 e. The summed E-state index contributed by atoms with van der Waals surface area (Å²) in [6.45, 7) is 6.10. The van der Waals surface area contributed by atoms with E-state index in [0.717, 1.165) is 34.6 Å². The number of rotatable bonds is 4. The molecular weight excluding hydrogens is 296 g/mol. The maximum absolute atomic E-state index is 6.06. The van der Waals surface area contributed by atoms with Gasteiger partial charge in [0, 0.05) is 18.0 Å². The number of ether oxygens (including phenoxy) is 1. The molecule has 0 aliphatic heterocycles. The number of nitrogens with zero attached hydrogens (tertiary/aromatic N) is 2. The molecule has 0 aliphatic carbocycles. The number of aryl methyl sites for hydroxylation is 2. The Balaban J connectivity index is 1.97. The number of halogens is 1. The molecule has 0 amide bonds. The van der Waals surface area contributed by atoms with E-state index in [1.807, 2.05) is 44.4 Å². The number of aromatic nitrogens is 2. The van der Waals surface area contributed by atoms with Gasteiger partial charge in [0.15, 0.2) is 5.56 Å². The SMILES string of the molecule is CCC(Cl)Oc1ccc(-c2cn3cccc(C)c3n2)cc1C. The highest BCUT2D eigenvalue weighted by molar-refractivity contribution is 6.19. The number of hydrogen-bond acceptors (Lipinski definition) is 2. The predicted molar refractivity (Wildman–Crippen MR) is 90.7 cm³/mol. The molecule has 114 valence electrons. The van der Waals surface area contributed by atoms with Gasteiger partial charge >= 0.3 is 0 Å². The maximum Gasteiger partial charge on any atom is 0.171 e. The molecule has 0 saturated carbocycles. The molecule has 4 heteroatoms. The van der Waals surface area contributed by atoms with Crippen LogP contribution in [0.25, 0.3) is 16.9 Å². The summed E-state index contributed by atoms with van der Waals surface area (Å²) in [5.41, 5.74) is 4.96. The van der Waals surface area contributed by atoms with Crippen LogP contribution in [0.5, 0.6) is 5.75 Å². The third kappa shape index (κ3) is 2.81. The van der Waals surface area contributed by atoms with E-state index in [1.54, 1.807) is 0 Å². The lowest BCUT2D eigenvalue weighted by molar-refractivity contribution is 0.275. The van der Waals surface area contributed by atoms with Crippen LogP contribution in [-0.4, -0.2) is 14.9 Å². The Labute approximate surface area is 135 Å². The van der Waals surface area contributed by atoms with Crippen LogP contribution >= 0.6 is 11.6 Å². The summed E-state index contributed by atoms with van der Waals surface area (Å²) in [7, 11) is 0. The third-order valence-electron chi connectivity index (χ3n) is 3.72. The van der Waals surface area contributed by atoms with Gasteiger partial charge in [-0.1, -0.05) is 24.6 Å². The molecule has 0 N–H and O–H groups in total. The average Bonchev–Trinajstić information content (AvgIpc) is 2.94. The van der Waals surface area contributed by atoms with Crippen molar-refractivity contribution in [2.24, 2.45) is 0 Å². The van der Waals surface area contributed by atoms with Crippen molar-refractivity contribution in [2.75, 3.05) is 0 Å². The van der Waals surface area contributed by atoms with Crippen molar-refractivity contribution >= 4 is 17.2 Å². The summed E-state index contributed by atoms with van der Waals surface area (Å²) < 4.78 is 7.75. The standard InChI is InChI=1S/C18H19ClN2O/c1-4-17(19)22-16-8-7-14(10-13(16)3)15-11-21-9-5-6-12(2)18(21)20-15/h5-11,17H,4H2,1-3H3. The minimum Gasteiger partial charge on any atom is -0.474 e. The summed E-state index contributed by atoms with van der Waals surface area (Å²) in [5, 5.41) is 0. The van der Waals surface area contributed by atoms with Gasteiger partial charge < -0.3 is 9.14 Å². The van der Waals surface area contributed by atoms with E-state index in [9.17, 15) is 0 Å². The number of benzene rings is 1. The first-order valence-electron chi connectivity index (χ1n) is 7.44. The van der Waals surface area contributed by atoms with Crippen LogP contribution in [-0.2, 0) is 0 Å². The molecule has 0 radical (unpaired) electrons. The van der Waals surface area contributed by atoms with Crippen molar-refractivity contribution in [2.45, 2.75) is 32.8 Å². The Morgan fingerprint density at radius 1 is 1.23 bits per heavy atom. The van der Waals surface area contributed by atoms with Crippen LogP contribution < -0.4 is 4.74 Å². The predicted octanol–water partition coefficient (Wildman–Crippen LogP) is 4.97. The second-order valence-corrected chi connectivity index (χ2v) is 5.95. The van der Waals surface area contributed by atoms with Crippen molar-refractivity contribution in [3.63, 3.8) is 0 Å². The molecule has 22 heavy (non-hydrogen) atoms. The van der Waals surface area contributed by atoms with Gasteiger partial charge in [-0.3, -0.25) is 0 Å². The highest BCUT2D eigenvalue weighted by Gasteiger charge is 2.10. The normalized spacial score (nSPS) is 12.5. The van der Waals surface area contributed by atoms with E-state index in [4.69, 9.17) is 21.3 Å². The first-order valence-corrected chi connectivity index (χ1v) is 7.88. The lowest BCUT2D eigenvalue weighted by Gasteiger charge is -2.13. The van der Waals surface area contributed by atoms with Crippen LogP contribution in [0.4, 0.5) is 0 Å². The average molecular weight is 315 g/mol. The van der Waals surface area contributed by atoms with Crippen LogP contribution in [0.3, 0.4) is 0 Å². The van der Waals surface area contributed by atoms with E-state index in [-0.39, 0.29) is 5.56 Å².